The summed E-state index contributed by atoms with van der Waals surface area (Å²) in [5.74, 6) is 0. The van der Waals surface area contributed by atoms with Crippen molar-refractivity contribution in [1.82, 2.24) is 0 Å². The molecule has 0 aliphatic rings. The zero-order valence-corrected chi connectivity index (χ0v) is 13.3. The average molecular weight is 376 g/mol. The largest absolute Gasteiger partial charge is 0.399 e. The predicted octanol–water partition coefficient (Wildman–Crippen LogP) is 4.49. The standard InChI is InChI=1S/C12H12Br2N2S/c1-16(6-10-4-8(13)7-17-10)12-3-2-9(15)5-11(12)14/h2-5,7H,6,15H2,1H3. The number of halogens is 2. The van der Waals surface area contributed by atoms with Crippen molar-refractivity contribution in [2.24, 2.45) is 0 Å². The molecule has 0 bridgehead atoms. The lowest BCUT2D eigenvalue weighted by atomic mass is 10.2. The summed E-state index contributed by atoms with van der Waals surface area (Å²) in [5, 5.41) is 2.10. The number of nitrogen functional groups attached to an aromatic ring is 1. The molecule has 0 fully saturated rings. The Hall–Kier alpha value is -0.520. The van der Waals surface area contributed by atoms with Crippen molar-refractivity contribution in [3.05, 3.63) is 43.5 Å². The van der Waals surface area contributed by atoms with Crippen LogP contribution in [0, 0.1) is 0 Å². The molecule has 1 aromatic heterocycles. The highest BCUT2D eigenvalue weighted by Gasteiger charge is 2.08. The second-order valence-electron chi connectivity index (χ2n) is 3.80. The van der Waals surface area contributed by atoms with Crippen LogP contribution in [0.4, 0.5) is 11.4 Å². The van der Waals surface area contributed by atoms with E-state index in [4.69, 9.17) is 5.73 Å². The van der Waals surface area contributed by atoms with Gasteiger partial charge in [-0.3, -0.25) is 0 Å². The molecule has 0 aliphatic carbocycles. The lowest BCUT2D eigenvalue weighted by molar-refractivity contribution is 0.937. The van der Waals surface area contributed by atoms with Gasteiger partial charge in [0.05, 0.1) is 12.2 Å². The number of hydrogen-bond acceptors (Lipinski definition) is 3. The van der Waals surface area contributed by atoms with Gasteiger partial charge in [0.2, 0.25) is 0 Å². The Morgan fingerprint density at radius 2 is 2.06 bits per heavy atom. The number of anilines is 2. The minimum Gasteiger partial charge on any atom is -0.399 e. The van der Waals surface area contributed by atoms with Gasteiger partial charge in [-0.1, -0.05) is 0 Å². The van der Waals surface area contributed by atoms with Gasteiger partial charge in [0.1, 0.15) is 0 Å². The summed E-state index contributed by atoms with van der Waals surface area (Å²) in [7, 11) is 2.07. The Morgan fingerprint density at radius 3 is 2.65 bits per heavy atom. The van der Waals surface area contributed by atoms with E-state index in [9.17, 15) is 0 Å². The lowest BCUT2D eigenvalue weighted by Crippen LogP contribution is -2.16. The Balaban J connectivity index is 2.17. The number of hydrogen-bond donors (Lipinski definition) is 1. The van der Waals surface area contributed by atoms with E-state index in [1.54, 1.807) is 11.3 Å². The van der Waals surface area contributed by atoms with Crippen LogP contribution >= 0.6 is 43.2 Å². The maximum atomic E-state index is 5.73. The van der Waals surface area contributed by atoms with Crippen molar-refractivity contribution < 1.29 is 0 Å². The fraction of sp³-hybridized carbons (Fsp3) is 0.167. The average Bonchev–Trinajstić information content (AvgIpc) is 2.63. The molecule has 17 heavy (non-hydrogen) atoms. The molecule has 0 unspecified atom stereocenters. The molecular formula is C12H12Br2N2S. The quantitative estimate of drug-likeness (QED) is 0.800. The van der Waals surface area contributed by atoms with E-state index >= 15 is 0 Å². The molecule has 2 nitrogen and oxygen atoms in total. The number of rotatable bonds is 3. The third-order valence-corrected chi connectivity index (χ3v) is 4.72. The smallest absolute Gasteiger partial charge is 0.0520 e. The summed E-state index contributed by atoms with van der Waals surface area (Å²) in [6.45, 7) is 0.888. The highest BCUT2D eigenvalue weighted by atomic mass is 79.9. The van der Waals surface area contributed by atoms with Gasteiger partial charge < -0.3 is 10.6 Å². The molecule has 2 rings (SSSR count). The Labute approximate surface area is 122 Å². The summed E-state index contributed by atoms with van der Waals surface area (Å²) < 4.78 is 2.16. The van der Waals surface area contributed by atoms with Gasteiger partial charge in [-0.2, -0.15) is 0 Å². The van der Waals surface area contributed by atoms with Gasteiger partial charge in [0.25, 0.3) is 0 Å². The lowest BCUT2D eigenvalue weighted by Gasteiger charge is -2.20. The van der Waals surface area contributed by atoms with Crippen molar-refractivity contribution in [2.75, 3.05) is 17.7 Å². The predicted molar refractivity (Wildman–Crippen MR) is 82.7 cm³/mol. The van der Waals surface area contributed by atoms with E-state index in [0.717, 1.165) is 26.9 Å². The molecule has 0 radical (unpaired) electrons. The van der Waals surface area contributed by atoms with Crippen LogP contribution in [0.2, 0.25) is 0 Å². The number of benzene rings is 1. The highest BCUT2D eigenvalue weighted by molar-refractivity contribution is 9.10. The van der Waals surface area contributed by atoms with Crippen LogP contribution in [0.15, 0.2) is 38.6 Å². The first-order valence-corrected chi connectivity index (χ1v) is 7.52. The van der Waals surface area contributed by atoms with Crippen LogP contribution in [0.1, 0.15) is 4.88 Å². The summed E-state index contributed by atoms with van der Waals surface area (Å²) in [5.41, 5.74) is 7.64. The van der Waals surface area contributed by atoms with Crippen molar-refractivity contribution in [3.63, 3.8) is 0 Å². The van der Waals surface area contributed by atoms with Crippen molar-refractivity contribution in [2.45, 2.75) is 6.54 Å². The maximum Gasteiger partial charge on any atom is 0.0520 e. The maximum absolute atomic E-state index is 5.73. The third kappa shape index (κ3) is 3.24. The summed E-state index contributed by atoms with van der Waals surface area (Å²) in [4.78, 5) is 3.52. The van der Waals surface area contributed by atoms with Crippen molar-refractivity contribution in [3.8, 4) is 0 Å². The van der Waals surface area contributed by atoms with Crippen molar-refractivity contribution in [1.29, 1.82) is 0 Å². The van der Waals surface area contributed by atoms with Crippen LogP contribution < -0.4 is 10.6 Å². The zero-order valence-electron chi connectivity index (χ0n) is 9.28. The van der Waals surface area contributed by atoms with Crippen LogP contribution in [-0.2, 0) is 6.54 Å². The minimum atomic E-state index is 0.771. The van der Waals surface area contributed by atoms with Crippen molar-refractivity contribution >= 4 is 54.6 Å². The number of nitrogens with zero attached hydrogens (tertiary/aromatic N) is 1. The molecule has 5 heteroatoms. The SMILES string of the molecule is CN(Cc1cc(Br)cs1)c1ccc(N)cc1Br. The van der Waals surface area contributed by atoms with Gasteiger partial charge in [0.15, 0.2) is 0 Å². The van der Waals surface area contributed by atoms with E-state index in [2.05, 4.69) is 55.3 Å². The fourth-order valence-corrected chi connectivity index (χ4v) is 3.79. The minimum absolute atomic E-state index is 0.771. The normalized spacial score (nSPS) is 10.5. The van der Waals surface area contributed by atoms with E-state index in [-0.39, 0.29) is 0 Å². The van der Waals surface area contributed by atoms with Gasteiger partial charge in [-0.15, -0.1) is 11.3 Å². The summed E-state index contributed by atoms with van der Waals surface area (Å²) in [6.07, 6.45) is 0. The Bertz CT molecular complexity index is 525. The second-order valence-corrected chi connectivity index (χ2v) is 6.56. The zero-order chi connectivity index (χ0) is 12.4. The molecule has 0 spiro atoms. The van der Waals surface area contributed by atoms with E-state index in [1.807, 2.05) is 18.2 Å². The van der Waals surface area contributed by atoms with Gasteiger partial charge >= 0.3 is 0 Å². The Morgan fingerprint density at radius 1 is 1.29 bits per heavy atom. The molecule has 0 saturated heterocycles. The van der Waals surface area contributed by atoms with Crippen LogP contribution in [0.3, 0.4) is 0 Å². The van der Waals surface area contributed by atoms with Gasteiger partial charge in [-0.25, -0.2) is 0 Å². The molecular weight excluding hydrogens is 364 g/mol. The Kier molecular flexibility index (Phi) is 4.12. The molecule has 1 aromatic carbocycles. The summed E-state index contributed by atoms with van der Waals surface area (Å²) >= 11 is 8.76. The van der Waals surface area contributed by atoms with E-state index in [0.29, 0.717) is 0 Å². The van der Waals surface area contributed by atoms with Gasteiger partial charge in [-0.05, 0) is 56.1 Å². The van der Waals surface area contributed by atoms with E-state index in [1.165, 1.54) is 4.88 Å². The van der Waals surface area contributed by atoms with Crippen LogP contribution in [-0.4, -0.2) is 7.05 Å². The first kappa shape index (κ1) is 12.9. The van der Waals surface area contributed by atoms with Crippen LogP contribution in [0.5, 0.6) is 0 Å². The molecule has 0 amide bonds. The fourth-order valence-electron chi connectivity index (χ4n) is 1.59. The molecule has 0 atom stereocenters. The molecule has 0 saturated carbocycles. The molecule has 1 heterocycles. The highest BCUT2D eigenvalue weighted by Crippen LogP contribution is 2.29. The number of thiophene rings is 1. The molecule has 90 valence electrons. The topological polar surface area (TPSA) is 29.3 Å². The summed E-state index contributed by atoms with van der Waals surface area (Å²) in [6, 6.07) is 8.02. The van der Waals surface area contributed by atoms with Gasteiger partial charge in [0, 0.05) is 31.9 Å². The number of nitrogens with two attached hydrogens (primary N) is 1. The second kappa shape index (κ2) is 5.42. The molecule has 0 aliphatic heterocycles. The molecule has 2 aromatic rings. The van der Waals surface area contributed by atoms with E-state index < -0.39 is 0 Å². The molecule has 2 N–H and O–H groups in total. The van der Waals surface area contributed by atoms with Crippen LogP contribution in [0.25, 0.3) is 0 Å². The monoisotopic (exact) mass is 374 g/mol. The first-order chi connectivity index (χ1) is 8.06. The third-order valence-electron chi connectivity index (χ3n) is 2.40. The first-order valence-electron chi connectivity index (χ1n) is 5.05.